The van der Waals surface area contributed by atoms with Crippen molar-refractivity contribution in [1.29, 1.82) is 0 Å². The molecule has 1 fully saturated rings. The molecule has 2 N–H and O–H groups in total. The molecule has 0 aromatic heterocycles. The van der Waals surface area contributed by atoms with Crippen molar-refractivity contribution >= 4 is 0 Å². The summed E-state index contributed by atoms with van der Waals surface area (Å²) in [5.74, 6) is 0. The molecule has 1 aromatic carbocycles. The minimum Gasteiger partial charge on any atom is -0.379 e. The Labute approximate surface area is 91.4 Å². The summed E-state index contributed by atoms with van der Waals surface area (Å²) in [5, 5.41) is 0. The van der Waals surface area contributed by atoms with Crippen LogP contribution >= 0.6 is 0 Å². The van der Waals surface area contributed by atoms with Crippen molar-refractivity contribution < 1.29 is 4.74 Å². The minimum atomic E-state index is -0.268. The first-order valence-electron chi connectivity index (χ1n) is 5.56. The summed E-state index contributed by atoms with van der Waals surface area (Å²) in [7, 11) is 0. The molecule has 2 heteroatoms. The largest absolute Gasteiger partial charge is 0.379 e. The Bertz CT molecular complexity index is 354. The quantitative estimate of drug-likeness (QED) is 0.763. The average Bonchev–Trinajstić information content (AvgIpc) is 2.18. The third-order valence-electron chi connectivity index (χ3n) is 3.19. The van der Waals surface area contributed by atoms with Crippen molar-refractivity contribution in [3.05, 3.63) is 34.9 Å². The predicted octanol–water partition coefficient (Wildman–Crippen LogP) is 2.27. The fraction of sp³-hybridized carbons (Fsp3) is 0.538. The first kappa shape index (κ1) is 10.7. The number of hydrogen-bond donors (Lipinski definition) is 1. The van der Waals surface area contributed by atoms with Gasteiger partial charge in [-0.1, -0.05) is 23.8 Å². The van der Waals surface area contributed by atoms with Gasteiger partial charge in [0.1, 0.15) is 0 Å². The predicted molar refractivity (Wildman–Crippen MR) is 61.8 cm³/mol. The van der Waals surface area contributed by atoms with Crippen LogP contribution < -0.4 is 5.73 Å². The molecular weight excluding hydrogens is 186 g/mol. The van der Waals surface area contributed by atoms with Gasteiger partial charge in [-0.2, -0.15) is 0 Å². The van der Waals surface area contributed by atoms with Crippen LogP contribution in [0.25, 0.3) is 0 Å². The molecule has 0 radical (unpaired) electrons. The Hall–Kier alpha value is -0.860. The van der Waals surface area contributed by atoms with Gasteiger partial charge < -0.3 is 10.5 Å². The van der Waals surface area contributed by atoms with E-state index in [1.165, 1.54) is 16.7 Å². The molecule has 0 saturated carbocycles. The Morgan fingerprint density at radius 1 is 1.33 bits per heavy atom. The lowest BCUT2D eigenvalue weighted by Gasteiger charge is -2.35. The first-order valence-corrected chi connectivity index (χ1v) is 5.56. The SMILES string of the molecule is Cc1ccc(C2(N)CCCOC2)c(C)c1. The van der Waals surface area contributed by atoms with E-state index >= 15 is 0 Å². The van der Waals surface area contributed by atoms with Gasteiger partial charge in [0, 0.05) is 6.61 Å². The number of nitrogens with two attached hydrogens (primary N) is 1. The van der Waals surface area contributed by atoms with Gasteiger partial charge in [-0.05, 0) is 37.8 Å². The smallest absolute Gasteiger partial charge is 0.0688 e. The van der Waals surface area contributed by atoms with Gasteiger partial charge in [0.25, 0.3) is 0 Å². The molecule has 1 atom stereocenters. The number of aryl methyl sites for hydroxylation is 2. The van der Waals surface area contributed by atoms with Crippen molar-refractivity contribution in [1.82, 2.24) is 0 Å². The molecule has 15 heavy (non-hydrogen) atoms. The standard InChI is InChI=1S/C13H19NO/c1-10-4-5-12(11(2)8-10)13(14)6-3-7-15-9-13/h4-5,8H,3,6-7,9,14H2,1-2H3. The summed E-state index contributed by atoms with van der Waals surface area (Å²) in [6.45, 7) is 5.74. The van der Waals surface area contributed by atoms with Gasteiger partial charge >= 0.3 is 0 Å². The highest BCUT2D eigenvalue weighted by atomic mass is 16.5. The number of rotatable bonds is 1. The molecular formula is C13H19NO. The molecule has 1 saturated heterocycles. The molecule has 2 nitrogen and oxygen atoms in total. The van der Waals surface area contributed by atoms with Crippen LogP contribution in [0.5, 0.6) is 0 Å². The molecule has 0 aliphatic carbocycles. The van der Waals surface area contributed by atoms with E-state index in [1.807, 2.05) is 0 Å². The van der Waals surface area contributed by atoms with Crippen LogP contribution in [0.1, 0.15) is 29.5 Å². The highest BCUT2D eigenvalue weighted by Gasteiger charge is 2.31. The van der Waals surface area contributed by atoms with Crippen molar-refractivity contribution in [3.8, 4) is 0 Å². The molecule has 82 valence electrons. The first-order chi connectivity index (χ1) is 7.12. The molecule has 1 heterocycles. The summed E-state index contributed by atoms with van der Waals surface area (Å²) < 4.78 is 5.50. The van der Waals surface area contributed by atoms with Crippen LogP contribution in [0, 0.1) is 13.8 Å². The second-order valence-electron chi connectivity index (χ2n) is 4.63. The maximum absolute atomic E-state index is 6.41. The summed E-state index contributed by atoms with van der Waals surface area (Å²) in [5.41, 5.74) is 9.95. The molecule has 0 bridgehead atoms. The Morgan fingerprint density at radius 3 is 2.73 bits per heavy atom. The van der Waals surface area contributed by atoms with Crippen molar-refractivity contribution in [2.24, 2.45) is 5.73 Å². The maximum atomic E-state index is 6.41. The van der Waals surface area contributed by atoms with Gasteiger partial charge in [0.2, 0.25) is 0 Å². The van der Waals surface area contributed by atoms with Crippen LogP contribution in [-0.2, 0) is 10.3 Å². The Kier molecular flexibility index (Phi) is 2.81. The third kappa shape index (κ3) is 2.06. The lowest BCUT2D eigenvalue weighted by molar-refractivity contribution is 0.0364. The second kappa shape index (κ2) is 3.95. The summed E-state index contributed by atoms with van der Waals surface area (Å²) in [6, 6.07) is 6.48. The normalized spacial score (nSPS) is 26.6. The maximum Gasteiger partial charge on any atom is 0.0688 e. The highest BCUT2D eigenvalue weighted by molar-refractivity contribution is 5.36. The monoisotopic (exact) mass is 205 g/mol. The van der Waals surface area contributed by atoms with Crippen LogP contribution in [0.3, 0.4) is 0 Å². The van der Waals surface area contributed by atoms with Crippen LogP contribution in [0.2, 0.25) is 0 Å². The van der Waals surface area contributed by atoms with Crippen LogP contribution in [-0.4, -0.2) is 13.2 Å². The van der Waals surface area contributed by atoms with Gasteiger partial charge in [-0.15, -0.1) is 0 Å². The zero-order valence-corrected chi connectivity index (χ0v) is 9.55. The van der Waals surface area contributed by atoms with Crippen LogP contribution in [0.15, 0.2) is 18.2 Å². The fourth-order valence-electron chi connectivity index (χ4n) is 2.40. The van der Waals surface area contributed by atoms with Gasteiger partial charge in [-0.25, -0.2) is 0 Å². The Balaban J connectivity index is 2.35. The van der Waals surface area contributed by atoms with Gasteiger partial charge in [0.05, 0.1) is 12.1 Å². The van der Waals surface area contributed by atoms with E-state index in [-0.39, 0.29) is 5.54 Å². The zero-order valence-electron chi connectivity index (χ0n) is 9.55. The molecule has 0 amide bonds. The molecule has 1 aliphatic heterocycles. The topological polar surface area (TPSA) is 35.2 Å². The van der Waals surface area contributed by atoms with E-state index < -0.39 is 0 Å². The van der Waals surface area contributed by atoms with Crippen molar-refractivity contribution in [3.63, 3.8) is 0 Å². The summed E-state index contributed by atoms with van der Waals surface area (Å²) in [4.78, 5) is 0. The minimum absolute atomic E-state index is 0.268. The lowest BCUT2D eigenvalue weighted by Crippen LogP contribution is -2.45. The van der Waals surface area contributed by atoms with Gasteiger partial charge in [-0.3, -0.25) is 0 Å². The number of hydrogen-bond acceptors (Lipinski definition) is 2. The molecule has 1 unspecified atom stereocenters. The van der Waals surface area contributed by atoms with E-state index in [9.17, 15) is 0 Å². The van der Waals surface area contributed by atoms with Crippen molar-refractivity contribution in [2.45, 2.75) is 32.2 Å². The summed E-state index contributed by atoms with van der Waals surface area (Å²) >= 11 is 0. The number of ether oxygens (including phenoxy) is 1. The molecule has 0 spiro atoms. The molecule has 1 aliphatic rings. The molecule has 1 aromatic rings. The fourth-order valence-corrected chi connectivity index (χ4v) is 2.40. The summed E-state index contributed by atoms with van der Waals surface area (Å²) in [6.07, 6.45) is 2.08. The molecule has 2 rings (SSSR count). The van der Waals surface area contributed by atoms with E-state index in [0.717, 1.165) is 19.4 Å². The third-order valence-corrected chi connectivity index (χ3v) is 3.19. The average molecular weight is 205 g/mol. The van der Waals surface area contributed by atoms with E-state index in [1.54, 1.807) is 0 Å². The van der Waals surface area contributed by atoms with Crippen molar-refractivity contribution in [2.75, 3.05) is 13.2 Å². The lowest BCUT2D eigenvalue weighted by atomic mass is 9.83. The van der Waals surface area contributed by atoms with Crippen LogP contribution in [0.4, 0.5) is 0 Å². The number of benzene rings is 1. The Morgan fingerprint density at radius 2 is 2.13 bits per heavy atom. The van der Waals surface area contributed by atoms with E-state index in [4.69, 9.17) is 10.5 Å². The van der Waals surface area contributed by atoms with E-state index in [0.29, 0.717) is 6.61 Å². The van der Waals surface area contributed by atoms with E-state index in [2.05, 4.69) is 32.0 Å². The van der Waals surface area contributed by atoms with Gasteiger partial charge in [0.15, 0.2) is 0 Å². The zero-order chi connectivity index (χ0) is 10.9. The second-order valence-corrected chi connectivity index (χ2v) is 4.63. The highest BCUT2D eigenvalue weighted by Crippen LogP contribution is 2.30.